The van der Waals surface area contributed by atoms with E-state index in [0.29, 0.717) is 0 Å². The molecular formula is C12H21N3O2S. The van der Waals surface area contributed by atoms with Gasteiger partial charge in [-0.15, -0.1) is 0 Å². The molecule has 1 aromatic heterocycles. The quantitative estimate of drug-likeness (QED) is 0.845. The van der Waals surface area contributed by atoms with E-state index in [-0.39, 0.29) is 6.04 Å². The van der Waals surface area contributed by atoms with E-state index in [9.17, 15) is 8.42 Å². The Morgan fingerprint density at radius 1 is 1.33 bits per heavy atom. The first-order valence-corrected chi connectivity index (χ1v) is 7.87. The maximum atomic E-state index is 12.0. The fraction of sp³-hybridized carbons (Fsp3) is 0.667. The lowest BCUT2D eigenvalue weighted by molar-refractivity contribution is 0.418. The van der Waals surface area contributed by atoms with Crippen molar-refractivity contribution in [2.75, 3.05) is 12.8 Å². The van der Waals surface area contributed by atoms with Crippen molar-refractivity contribution < 1.29 is 8.42 Å². The summed E-state index contributed by atoms with van der Waals surface area (Å²) in [6.07, 6.45) is 6.95. The van der Waals surface area contributed by atoms with Gasteiger partial charge in [-0.05, 0) is 26.8 Å². The summed E-state index contributed by atoms with van der Waals surface area (Å²) in [5, 5.41) is 3.27. The summed E-state index contributed by atoms with van der Waals surface area (Å²) in [4.78, 5) is 7.93. The molecule has 0 bridgehead atoms. The molecule has 18 heavy (non-hydrogen) atoms. The summed E-state index contributed by atoms with van der Waals surface area (Å²) in [6.45, 7) is 6.24. The summed E-state index contributed by atoms with van der Waals surface area (Å²) in [7, 11) is -3.20. The van der Waals surface area contributed by atoms with Crippen LogP contribution in [0.25, 0.3) is 0 Å². The zero-order valence-corrected chi connectivity index (χ0v) is 12.2. The van der Waals surface area contributed by atoms with Crippen LogP contribution in [0, 0.1) is 0 Å². The minimum absolute atomic E-state index is 0.311. The third-order valence-electron chi connectivity index (χ3n) is 3.16. The van der Waals surface area contributed by atoms with Crippen molar-refractivity contribution in [3.63, 3.8) is 0 Å². The molecule has 1 rings (SSSR count). The minimum Gasteiger partial charge on any atom is -0.309 e. The van der Waals surface area contributed by atoms with E-state index in [2.05, 4.69) is 15.3 Å². The van der Waals surface area contributed by atoms with Crippen molar-refractivity contribution in [3.8, 4) is 0 Å². The van der Waals surface area contributed by atoms with Gasteiger partial charge in [-0.3, -0.25) is 0 Å². The molecule has 0 fully saturated rings. The van der Waals surface area contributed by atoms with E-state index in [1.807, 2.05) is 6.92 Å². The van der Waals surface area contributed by atoms with Crippen LogP contribution in [-0.2, 0) is 9.84 Å². The molecule has 0 aliphatic rings. The summed E-state index contributed by atoms with van der Waals surface area (Å²) < 4.78 is 23.0. The monoisotopic (exact) mass is 271 g/mol. The van der Waals surface area contributed by atoms with Gasteiger partial charge in [0.2, 0.25) is 0 Å². The Balaban J connectivity index is 3.14. The molecule has 6 heteroatoms. The smallest absolute Gasteiger partial charge is 0.154 e. The number of sulfone groups is 1. The van der Waals surface area contributed by atoms with Gasteiger partial charge in [-0.25, -0.2) is 18.4 Å². The molecule has 0 spiro atoms. The molecule has 1 N–H and O–H groups in total. The average Bonchev–Trinajstić information content (AvgIpc) is 2.29. The Bertz CT molecular complexity index is 471. The van der Waals surface area contributed by atoms with Gasteiger partial charge in [0.15, 0.2) is 9.84 Å². The highest BCUT2D eigenvalue weighted by molar-refractivity contribution is 7.92. The molecule has 5 nitrogen and oxygen atoms in total. The number of nitrogens with zero attached hydrogens (tertiary/aromatic N) is 2. The molecule has 0 saturated heterocycles. The summed E-state index contributed by atoms with van der Waals surface area (Å²) in [6, 6.07) is -0.311. The summed E-state index contributed by atoms with van der Waals surface area (Å²) in [5.41, 5.74) is 0.793. The third kappa shape index (κ3) is 3.26. The fourth-order valence-electron chi connectivity index (χ4n) is 1.73. The summed E-state index contributed by atoms with van der Waals surface area (Å²) >= 11 is 0. The second-order valence-electron chi connectivity index (χ2n) is 4.93. The molecule has 102 valence electrons. The highest BCUT2D eigenvalue weighted by Crippen LogP contribution is 2.31. The van der Waals surface area contributed by atoms with Gasteiger partial charge in [-0.2, -0.15) is 0 Å². The number of hydrogen-bond acceptors (Lipinski definition) is 5. The largest absolute Gasteiger partial charge is 0.309 e. The molecule has 1 atom stereocenters. The van der Waals surface area contributed by atoms with E-state index < -0.39 is 14.6 Å². The third-order valence-corrected chi connectivity index (χ3v) is 5.31. The normalized spacial score (nSPS) is 14.4. The minimum atomic E-state index is -3.20. The van der Waals surface area contributed by atoms with Gasteiger partial charge < -0.3 is 5.32 Å². The van der Waals surface area contributed by atoms with E-state index in [1.165, 1.54) is 12.6 Å². The number of nitrogens with one attached hydrogen (secondary N) is 1. The molecular weight excluding hydrogens is 250 g/mol. The van der Waals surface area contributed by atoms with Crippen molar-refractivity contribution in [2.24, 2.45) is 0 Å². The summed E-state index contributed by atoms with van der Waals surface area (Å²) in [5.74, 6) is 0. The van der Waals surface area contributed by atoms with Crippen LogP contribution in [0.1, 0.15) is 38.8 Å². The predicted molar refractivity (Wildman–Crippen MR) is 72.0 cm³/mol. The lowest BCUT2D eigenvalue weighted by atomic mass is 9.97. The van der Waals surface area contributed by atoms with E-state index in [0.717, 1.165) is 18.5 Å². The molecule has 0 aromatic carbocycles. The maximum Gasteiger partial charge on any atom is 0.154 e. The molecule has 0 radical (unpaired) electrons. The topological polar surface area (TPSA) is 72.0 Å². The molecule has 1 aromatic rings. The standard InChI is InChI=1S/C12H21N3O2S/c1-5-6-15-11(10-7-13-9-14-8-10)12(2,3)18(4,16)17/h7-9,11,15H,5-6H2,1-4H3. The van der Waals surface area contributed by atoms with Crippen LogP contribution in [0.5, 0.6) is 0 Å². The Hall–Kier alpha value is -1.01. The number of rotatable bonds is 6. The van der Waals surface area contributed by atoms with Gasteiger partial charge in [0.1, 0.15) is 6.33 Å². The lowest BCUT2D eigenvalue weighted by Gasteiger charge is -2.33. The Kier molecular flexibility index (Phi) is 4.81. The van der Waals surface area contributed by atoms with Crippen molar-refractivity contribution in [1.29, 1.82) is 0 Å². The maximum absolute atomic E-state index is 12.0. The van der Waals surface area contributed by atoms with Crippen LogP contribution >= 0.6 is 0 Å². The average molecular weight is 271 g/mol. The predicted octanol–water partition coefficient (Wildman–Crippen LogP) is 1.34. The van der Waals surface area contributed by atoms with Crippen LogP contribution in [-0.4, -0.2) is 35.9 Å². The van der Waals surface area contributed by atoms with E-state index >= 15 is 0 Å². The Morgan fingerprint density at radius 2 is 1.89 bits per heavy atom. The van der Waals surface area contributed by atoms with Gasteiger partial charge >= 0.3 is 0 Å². The fourth-order valence-corrected chi connectivity index (χ4v) is 2.38. The van der Waals surface area contributed by atoms with Crippen LogP contribution in [0.15, 0.2) is 18.7 Å². The van der Waals surface area contributed by atoms with Crippen LogP contribution in [0.3, 0.4) is 0 Å². The van der Waals surface area contributed by atoms with Gasteiger partial charge in [0.05, 0.1) is 10.8 Å². The van der Waals surface area contributed by atoms with E-state index in [4.69, 9.17) is 0 Å². The second-order valence-corrected chi connectivity index (χ2v) is 7.53. The van der Waals surface area contributed by atoms with Crippen molar-refractivity contribution in [1.82, 2.24) is 15.3 Å². The first-order chi connectivity index (χ1) is 8.30. The molecule has 0 aliphatic carbocycles. The first-order valence-electron chi connectivity index (χ1n) is 5.98. The molecule has 1 heterocycles. The SMILES string of the molecule is CCCNC(c1cncnc1)C(C)(C)S(C)(=O)=O. The van der Waals surface area contributed by atoms with Crippen LogP contribution < -0.4 is 5.32 Å². The Morgan fingerprint density at radius 3 is 2.33 bits per heavy atom. The zero-order valence-electron chi connectivity index (χ0n) is 11.3. The number of aromatic nitrogens is 2. The zero-order chi connectivity index (χ0) is 13.8. The highest BCUT2D eigenvalue weighted by Gasteiger charge is 2.39. The molecule has 0 saturated carbocycles. The Labute approximate surface area is 109 Å². The first kappa shape index (κ1) is 15.0. The molecule has 0 amide bonds. The van der Waals surface area contributed by atoms with Gasteiger partial charge in [-0.1, -0.05) is 6.92 Å². The van der Waals surface area contributed by atoms with Crippen LogP contribution in [0.4, 0.5) is 0 Å². The van der Waals surface area contributed by atoms with Gasteiger partial charge in [0, 0.05) is 24.2 Å². The lowest BCUT2D eigenvalue weighted by Crippen LogP contribution is -2.45. The highest BCUT2D eigenvalue weighted by atomic mass is 32.2. The van der Waals surface area contributed by atoms with Crippen molar-refractivity contribution in [3.05, 3.63) is 24.3 Å². The van der Waals surface area contributed by atoms with Crippen molar-refractivity contribution >= 4 is 9.84 Å². The van der Waals surface area contributed by atoms with Crippen molar-refractivity contribution in [2.45, 2.75) is 38.0 Å². The van der Waals surface area contributed by atoms with E-state index in [1.54, 1.807) is 26.2 Å². The molecule has 0 aliphatic heterocycles. The number of hydrogen-bond donors (Lipinski definition) is 1. The molecule has 1 unspecified atom stereocenters. The van der Waals surface area contributed by atoms with Crippen LogP contribution in [0.2, 0.25) is 0 Å². The second kappa shape index (κ2) is 5.75. The van der Waals surface area contributed by atoms with Gasteiger partial charge in [0.25, 0.3) is 0 Å².